The highest BCUT2D eigenvalue weighted by Crippen LogP contribution is 2.18. The topological polar surface area (TPSA) is 38.7 Å². The Bertz CT molecular complexity index is 252. The summed E-state index contributed by atoms with van der Waals surface area (Å²) in [5, 5.41) is 13.8. The Balaban J connectivity index is 2.38. The molecule has 114 valence electrons. The highest BCUT2D eigenvalue weighted by molar-refractivity contribution is 4.88. The Morgan fingerprint density at radius 3 is 2.53 bits per heavy atom. The molecule has 2 unspecified atom stereocenters. The van der Waals surface area contributed by atoms with Gasteiger partial charge < -0.3 is 10.4 Å². The lowest BCUT2D eigenvalue weighted by Gasteiger charge is -2.31. The van der Waals surface area contributed by atoms with Crippen molar-refractivity contribution in [3.63, 3.8) is 0 Å². The molecule has 19 heavy (non-hydrogen) atoms. The van der Waals surface area contributed by atoms with Crippen LogP contribution in [0.25, 0.3) is 0 Å². The maximum absolute atomic E-state index is 10.4. The van der Waals surface area contributed by atoms with Gasteiger partial charge in [-0.05, 0) is 33.0 Å². The molecule has 0 aromatic heterocycles. The molecule has 1 heterocycles. The number of likely N-dealkylation sites (tertiary alicyclic amines) is 1. The standard InChI is InChI=1S/C15H33N3O/c1-6-18(7-2)14-8-9-17(10-14)12-15(5,19)11-16-13(3)4/h13-14,16,19H,6-12H2,1-5H3. The Morgan fingerprint density at radius 1 is 1.37 bits per heavy atom. The minimum atomic E-state index is -0.636. The van der Waals surface area contributed by atoms with Crippen molar-refractivity contribution in [2.45, 2.75) is 58.7 Å². The molecule has 0 spiro atoms. The van der Waals surface area contributed by atoms with E-state index in [9.17, 15) is 5.11 Å². The number of β-amino-alcohol motifs (C(OH)–C–C–N with tert-alkyl or cyclic N) is 1. The van der Waals surface area contributed by atoms with Crippen LogP contribution < -0.4 is 5.32 Å². The molecule has 1 aliphatic rings. The molecule has 0 amide bonds. The second kappa shape index (κ2) is 7.58. The summed E-state index contributed by atoms with van der Waals surface area (Å²) in [4.78, 5) is 4.94. The van der Waals surface area contributed by atoms with Crippen LogP contribution >= 0.6 is 0 Å². The average Bonchev–Trinajstić information content (AvgIpc) is 2.76. The molecule has 0 aliphatic carbocycles. The lowest BCUT2D eigenvalue weighted by atomic mass is 10.1. The minimum absolute atomic E-state index is 0.425. The van der Waals surface area contributed by atoms with Gasteiger partial charge in [0.05, 0.1) is 5.60 Å². The number of aliphatic hydroxyl groups is 1. The minimum Gasteiger partial charge on any atom is -0.388 e. The van der Waals surface area contributed by atoms with Crippen LogP contribution in [0.4, 0.5) is 0 Å². The SMILES string of the molecule is CCN(CC)C1CCN(CC(C)(O)CNC(C)C)C1. The Kier molecular flexibility index (Phi) is 6.74. The smallest absolute Gasteiger partial charge is 0.0869 e. The van der Waals surface area contributed by atoms with Crippen molar-refractivity contribution in [3.8, 4) is 0 Å². The van der Waals surface area contributed by atoms with E-state index in [2.05, 4.69) is 42.8 Å². The van der Waals surface area contributed by atoms with Crippen molar-refractivity contribution >= 4 is 0 Å². The summed E-state index contributed by atoms with van der Waals surface area (Å²) in [6.07, 6.45) is 1.23. The van der Waals surface area contributed by atoms with E-state index in [1.807, 2.05) is 6.92 Å². The van der Waals surface area contributed by atoms with Crippen LogP contribution in [0, 0.1) is 0 Å². The summed E-state index contributed by atoms with van der Waals surface area (Å²) in [5.74, 6) is 0. The molecular formula is C15H33N3O. The van der Waals surface area contributed by atoms with Crippen LogP contribution in [0.1, 0.15) is 41.0 Å². The summed E-state index contributed by atoms with van der Waals surface area (Å²) in [7, 11) is 0. The van der Waals surface area contributed by atoms with Gasteiger partial charge in [0.15, 0.2) is 0 Å². The van der Waals surface area contributed by atoms with E-state index in [4.69, 9.17) is 0 Å². The van der Waals surface area contributed by atoms with Crippen LogP contribution in [-0.2, 0) is 0 Å². The van der Waals surface area contributed by atoms with Crippen molar-refractivity contribution in [1.29, 1.82) is 0 Å². The van der Waals surface area contributed by atoms with Gasteiger partial charge >= 0.3 is 0 Å². The molecule has 1 saturated heterocycles. The number of nitrogens with one attached hydrogen (secondary N) is 1. The number of nitrogens with zero attached hydrogens (tertiary/aromatic N) is 2. The van der Waals surface area contributed by atoms with Crippen molar-refractivity contribution in [1.82, 2.24) is 15.1 Å². The van der Waals surface area contributed by atoms with Gasteiger partial charge in [0.25, 0.3) is 0 Å². The van der Waals surface area contributed by atoms with E-state index in [0.29, 0.717) is 18.6 Å². The fourth-order valence-electron chi connectivity index (χ4n) is 2.96. The first-order valence-corrected chi connectivity index (χ1v) is 7.80. The summed E-state index contributed by atoms with van der Waals surface area (Å²) in [6.45, 7) is 16.5. The molecule has 4 nitrogen and oxygen atoms in total. The van der Waals surface area contributed by atoms with E-state index in [0.717, 1.165) is 32.7 Å². The average molecular weight is 271 g/mol. The van der Waals surface area contributed by atoms with E-state index in [1.165, 1.54) is 6.42 Å². The van der Waals surface area contributed by atoms with Gasteiger partial charge in [0, 0.05) is 31.7 Å². The van der Waals surface area contributed by atoms with Gasteiger partial charge in [0.1, 0.15) is 0 Å². The van der Waals surface area contributed by atoms with Gasteiger partial charge in [-0.3, -0.25) is 9.80 Å². The molecule has 1 fully saturated rings. The molecule has 0 bridgehead atoms. The van der Waals surface area contributed by atoms with Gasteiger partial charge in [-0.2, -0.15) is 0 Å². The fourth-order valence-corrected chi connectivity index (χ4v) is 2.96. The molecule has 2 atom stereocenters. The number of hydrogen-bond acceptors (Lipinski definition) is 4. The second-order valence-corrected chi connectivity index (χ2v) is 6.43. The normalized spacial score (nSPS) is 24.3. The van der Waals surface area contributed by atoms with Gasteiger partial charge in [-0.15, -0.1) is 0 Å². The first-order valence-electron chi connectivity index (χ1n) is 7.80. The molecule has 1 rings (SSSR count). The number of likely N-dealkylation sites (N-methyl/N-ethyl adjacent to an activating group) is 1. The zero-order valence-electron chi connectivity index (χ0n) is 13.4. The first kappa shape index (κ1) is 16.9. The molecule has 0 saturated carbocycles. The van der Waals surface area contributed by atoms with Gasteiger partial charge in [-0.25, -0.2) is 0 Å². The van der Waals surface area contributed by atoms with Crippen molar-refractivity contribution in [2.24, 2.45) is 0 Å². The number of hydrogen-bond donors (Lipinski definition) is 2. The highest BCUT2D eigenvalue weighted by Gasteiger charge is 2.31. The van der Waals surface area contributed by atoms with Crippen LogP contribution in [0.2, 0.25) is 0 Å². The summed E-state index contributed by atoms with van der Waals surface area (Å²) >= 11 is 0. The van der Waals surface area contributed by atoms with Crippen LogP contribution in [0.5, 0.6) is 0 Å². The van der Waals surface area contributed by atoms with Crippen LogP contribution in [0.15, 0.2) is 0 Å². The summed E-state index contributed by atoms with van der Waals surface area (Å²) < 4.78 is 0. The van der Waals surface area contributed by atoms with E-state index in [1.54, 1.807) is 0 Å². The zero-order chi connectivity index (χ0) is 14.5. The highest BCUT2D eigenvalue weighted by atomic mass is 16.3. The fraction of sp³-hybridized carbons (Fsp3) is 1.00. The Labute approximate surface area is 119 Å². The van der Waals surface area contributed by atoms with Crippen molar-refractivity contribution in [3.05, 3.63) is 0 Å². The largest absolute Gasteiger partial charge is 0.388 e. The molecular weight excluding hydrogens is 238 g/mol. The third-order valence-electron chi connectivity index (χ3n) is 4.03. The third kappa shape index (κ3) is 5.78. The van der Waals surface area contributed by atoms with Crippen molar-refractivity contribution in [2.75, 3.05) is 39.3 Å². The Morgan fingerprint density at radius 2 is 2.00 bits per heavy atom. The summed E-state index contributed by atoms with van der Waals surface area (Å²) in [6, 6.07) is 1.09. The number of rotatable bonds is 8. The van der Waals surface area contributed by atoms with Gasteiger partial charge in [0.2, 0.25) is 0 Å². The molecule has 4 heteroatoms. The predicted octanol–water partition coefficient (Wildman–Crippen LogP) is 1.15. The Hall–Kier alpha value is -0.160. The van der Waals surface area contributed by atoms with Crippen LogP contribution in [-0.4, -0.2) is 71.9 Å². The quantitative estimate of drug-likeness (QED) is 0.695. The summed E-state index contributed by atoms with van der Waals surface area (Å²) in [5.41, 5.74) is -0.636. The zero-order valence-corrected chi connectivity index (χ0v) is 13.4. The second-order valence-electron chi connectivity index (χ2n) is 6.43. The first-order chi connectivity index (χ1) is 8.88. The third-order valence-corrected chi connectivity index (χ3v) is 4.03. The van der Waals surface area contributed by atoms with Crippen molar-refractivity contribution < 1.29 is 5.11 Å². The monoisotopic (exact) mass is 271 g/mol. The molecule has 0 aromatic carbocycles. The molecule has 0 aromatic rings. The lowest BCUT2D eigenvalue weighted by Crippen LogP contribution is -2.49. The lowest BCUT2D eigenvalue weighted by molar-refractivity contribution is 0.0233. The molecule has 2 N–H and O–H groups in total. The molecule has 0 radical (unpaired) electrons. The molecule has 1 aliphatic heterocycles. The maximum atomic E-state index is 10.4. The van der Waals surface area contributed by atoms with E-state index >= 15 is 0 Å². The maximum Gasteiger partial charge on any atom is 0.0869 e. The van der Waals surface area contributed by atoms with Gasteiger partial charge in [-0.1, -0.05) is 27.7 Å². The van der Waals surface area contributed by atoms with Crippen LogP contribution in [0.3, 0.4) is 0 Å². The predicted molar refractivity (Wildman–Crippen MR) is 81.5 cm³/mol. The van der Waals surface area contributed by atoms with E-state index < -0.39 is 5.60 Å². The van der Waals surface area contributed by atoms with E-state index in [-0.39, 0.29) is 0 Å².